The van der Waals surface area contributed by atoms with Crippen molar-refractivity contribution in [1.82, 2.24) is 0 Å². The average Bonchev–Trinajstić information content (AvgIpc) is 2.46. The second-order valence-corrected chi connectivity index (χ2v) is 4.33. The lowest BCUT2D eigenvalue weighted by molar-refractivity contribution is -0.119. The highest BCUT2D eigenvalue weighted by atomic mass is 16.1. The van der Waals surface area contributed by atoms with Crippen LogP contribution in [0.2, 0.25) is 0 Å². The average molecular weight is 202 g/mol. The van der Waals surface area contributed by atoms with E-state index in [4.69, 9.17) is 0 Å². The fourth-order valence-electron chi connectivity index (χ4n) is 2.10. The Labute approximate surface area is 89.3 Å². The molecule has 2 heteroatoms. The van der Waals surface area contributed by atoms with Gasteiger partial charge < -0.3 is 0 Å². The van der Waals surface area contributed by atoms with E-state index < -0.39 is 5.92 Å². The highest BCUT2D eigenvalue weighted by Crippen LogP contribution is 2.29. The molecule has 1 aromatic carbocycles. The Hall–Kier alpha value is -1.44. The number of benzene rings is 1. The quantitative estimate of drug-likeness (QED) is 0.654. The summed E-state index contributed by atoms with van der Waals surface area (Å²) >= 11 is 0. The zero-order valence-electron chi connectivity index (χ0n) is 9.26. The molecule has 0 spiro atoms. The van der Waals surface area contributed by atoms with Crippen LogP contribution in [0.25, 0.3) is 0 Å². The van der Waals surface area contributed by atoms with Crippen LogP contribution in [0, 0.1) is 19.8 Å². The van der Waals surface area contributed by atoms with E-state index in [-0.39, 0.29) is 11.6 Å². The van der Waals surface area contributed by atoms with Crippen LogP contribution in [0.15, 0.2) is 12.1 Å². The van der Waals surface area contributed by atoms with Crippen molar-refractivity contribution in [2.24, 2.45) is 5.92 Å². The van der Waals surface area contributed by atoms with Crippen LogP contribution < -0.4 is 0 Å². The van der Waals surface area contributed by atoms with E-state index in [2.05, 4.69) is 0 Å². The summed E-state index contributed by atoms with van der Waals surface area (Å²) in [7, 11) is 0. The fraction of sp³-hybridized carbons (Fsp3) is 0.385. The molecule has 0 radical (unpaired) electrons. The van der Waals surface area contributed by atoms with Crippen molar-refractivity contribution in [1.29, 1.82) is 0 Å². The minimum absolute atomic E-state index is 0.000556. The lowest BCUT2D eigenvalue weighted by Gasteiger charge is -2.03. The van der Waals surface area contributed by atoms with Crippen LogP contribution in [0.1, 0.15) is 34.0 Å². The molecule has 0 amide bonds. The number of carbonyl (C=O) groups is 2. The van der Waals surface area contributed by atoms with Gasteiger partial charge in [0.2, 0.25) is 0 Å². The maximum absolute atomic E-state index is 11.9. The van der Waals surface area contributed by atoms with Crippen molar-refractivity contribution in [3.63, 3.8) is 0 Å². The molecule has 0 bridgehead atoms. The third kappa shape index (κ3) is 1.50. The molecule has 1 aliphatic carbocycles. The first-order chi connectivity index (χ1) is 7.00. The largest absolute Gasteiger partial charge is 0.299 e. The summed E-state index contributed by atoms with van der Waals surface area (Å²) in [6.45, 7) is 5.51. The van der Waals surface area contributed by atoms with Crippen molar-refractivity contribution < 1.29 is 9.59 Å². The second kappa shape index (κ2) is 3.30. The lowest BCUT2D eigenvalue weighted by Crippen LogP contribution is -2.17. The molecule has 1 atom stereocenters. The molecule has 0 aliphatic heterocycles. The second-order valence-electron chi connectivity index (χ2n) is 4.33. The van der Waals surface area contributed by atoms with Gasteiger partial charge in [0.25, 0.3) is 0 Å². The maximum atomic E-state index is 11.9. The van der Waals surface area contributed by atoms with Gasteiger partial charge in [-0.05, 0) is 49.9 Å². The third-order valence-electron chi connectivity index (χ3n) is 3.22. The molecular weight excluding hydrogens is 188 g/mol. The molecule has 0 heterocycles. The van der Waals surface area contributed by atoms with E-state index in [1.807, 2.05) is 26.0 Å². The number of Topliss-reactive ketones (excluding diaryl/α,β-unsaturated/α-hetero) is 2. The van der Waals surface area contributed by atoms with Crippen molar-refractivity contribution >= 4 is 11.6 Å². The standard InChI is InChI=1S/C13H14O2/c1-7-4-10-6-11(9(3)14)13(15)12(10)5-8(7)2/h4-5,11H,6H2,1-3H3. The Balaban J connectivity index is 2.50. The monoisotopic (exact) mass is 202 g/mol. The van der Waals surface area contributed by atoms with Crippen LogP contribution in [0.3, 0.4) is 0 Å². The zero-order valence-corrected chi connectivity index (χ0v) is 9.26. The van der Waals surface area contributed by atoms with Crippen LogP contribution in [0.5, 0.6) is 0 Å². The number of aryl methyl sites for hydroxylation is 2. The summed E-state index contributed by atoms with van der Waals surface area (Å²) in [6, 6.07) is 3.95. The van der Waals surface area contributed by atoms with E-state index in [0.717, 1.165) is 16.7 Å². The van der Waals surface area contributed by atoms with Gasteiger partial charge in [0.15, 0.2) is 5.78 Å². The van der Waals surface area contributed by atoms with Crippen LogP contribution >= 0.6 is 0 Å². The SMILES string of the molecule is CC(=O)C1Cc2cc(C)c(C)cc2C1=O. The van der Waals surface area contributed by atoms with Gasteiger partial charge in [-0.1, -0.05) is 6.07 Å². The molecule has 0 aromatic heterocycles. The summed E-state index contributed by atoms with van der Waals surface area (Å²) in [4.78, 5) is 23.2. The minimum atomic E-state index is -0.429. The van der Waals surface area contributed by atoms with Crippen LogP contribution in [0.4, 0.5) is 0 Å². The first-order valence-electron chi connectivity index (χ1n) is 5.15. The van der Waals surface area contributed by atoms with E-state index in [1.54, 1.807) is 0 Å². The van der Waals surface area contributed by atoms with Crippen molar-refractivity contribution in [3.8, 4) is 0 Å². The molecule has 15 heavy (non-hydrogen) atoms. The van der Waals surface area contributed by atoms with Gasteiger partial charge >= 0.3 is 0 Å². The van der Waals surface area contributed by atoms with Gasteiger partial charge in [-0.2, -0.15) is 0 Å². The number of hydrogen-bond donors (Lipinski definition) is 0. The van der Waals surface area contributed by atoms with Gasteiger partial charge in [0.05, 0.1) is 5.92 Å². The van der Waals surface area contributed by atoms with Crippen molar-refractivity contribution in [2.45, 2.75) is 27.2 Å². The lowest BCUT2D eigenvalue weighted by atomic mass is 10.0. The van der Waals surface area contributed by atoms with E-state index >= 15 is 0 Å². The predicted octanol–water partition coefficient (Wildman–Crippen LogP) is 2.25. The molecule has 1 unspecified atom stereocenters. The normalized spacial score (nSPS) is 19.1. The highest BCUT2D eigenvalue weighted by molar-refractivity contribution is 6.13. The van der Waals surface area contributed by atoms with Crippen LogP contribution in [-0.4, -0.2) is 11.6 Å². The Morgan fingerprint density at radius 1 is 1.27 bits per heavy atom. The molecule has 2 rings (SSSR count). The van der Waals surface area contributed by atoms with Crippen LogP contribution in [-0.2, 0) is 11.2 Å². The van der Waals surface area contributed by atoms with E-state index in [0.29, 0.717) is 6.42 Å². The van der Waals surface area contributed by atoms with E-state index in [9.17, 15) is 9.59 Å². The minimum Gasteiger partial charge on any atom is -0.299 e. The molecule has 1 aromatic rings. The van der Waals surface area contributed by atoms with Gasteiger partial charge in [-0.25, -0.2) is 0 Å². The molecule has 0 fully saturated rings. The Kier molecular flexibility index (Phi) is 2.22. The highest BCUT2D eigenvalue weighted by Gasteiger charge is 2.33. The topological polar surface area (TPSA) is 34.1 Å². The smallest absolute Gasteiger partial charge is 0.173 e. The number of carbonyl (C=O) groups excluding carboxylic acids is 2. The first kappa shape index (κ1) is 10.1. The third-order valence-corrected chi connectivity index (χ3v) is 3.22. The summed E-state index contributed by atoms with van der Waals surface area (Å²) in [6.07, 6.45) is 0.588. The Bertz CT molecular complexity index is 458. The fourth-order valence-corrected chi connectivity index (χ4v) is 2.10. The van der Waals surface area contributed by atoms with E-state index in [1.165, 1.54) is 12.5 Å². The molecule has 2 nitrogen and oxygen atoms in total. The van der Waals surface area contributed by atoms with Crippen molar-refractivity contribution in [3.05, 3.63) is 34.4 Å². The molecule has 0 saturated carbocycles. The van der Waals surface area contributed by atoms with Gasteiger partial charge in [0.1, 0.15) is 5.78 Å². The summed E-state index contributed by atoms with van der Waals surface area (Å²) in [5.41, 5.74) is 4.08. The number of ketones is 2. The maximum Gasteiger partial charge on any atom is 0.173 e. The van der Waals surface area contributed by atoms with Gasteiger partial charge in [-0.15, -0.1) is 0 Å². The molecule has 0 saturated heterocycles. The molecule has 1 aliphatic rings. The Morgan fingerprint density at radius 2 is 1.87 bits per heavy atom. The number of hydrogen-bond acceptors (Lipinski definition) is 2. The Morgan fingerprint density at radius 3 is 2.47 bits per heavy atom. The summed E-state index contributed by atoms with van der Waals surface area (Å²) in [5.74, 6) is -0.451. The summed E-state index contributed by atoms with van der Waals surface area (Å²) in [5, 5.41) is 0. The number of fused-ring (bicyclic) bond motifs is 1. The zero-order chi connectivity index (χ0) is 11.2. The van der Waals surface area contributed by atoms with Gasteiger partial charge in [0, 0.05) is 5.56 Å². The molecule has 0 N–H and O–H groups in total. The summed E-state index contributed by atoms with van der Waals surface area (Å²) < 4.78 is 0. The predicted molar refractivity (Wildman–Crippen MR) is 58.1 cm³/mol. The molecular formula is C13H14O2. The van der Waals surface area contributed by atoms with Crippen molar-refractivity contribution in [2.75, 3.05) is 0 Å². The van der Waals surface area contributed by atoms with Gasteiger partial charge in [-0.3, -0.25) is 9.59 Å². The first-order valence-corrected chi connectivity index (χ1v) is 5.15. The molecule has 78 valence electrons. The number of rotatable bonds is 1.